The van der Waals surface area contributed by atoms with Gasteiger partial charge in [-0.25, -0.2) is 14.4 Å². The summed E-state index contributed by atoms with van der Waals surface area (Å²) in [6.07, 6.45) is 2.39. The summed E-state index contributed by atoms with van der Waals surface area (Å²) in [4.78, 5) is 22.0. The van der Waals surface area contributed by atoms with Crippen LogP contribution in [0.5, 0.6) is 0 Å². The first-order valence-corrected chi connectivity index (χ1v) is 10.5. The number of nitrogens with one attached hydrogen (secondary N) is 1. The maximum Gasteiger partial charge on any atom is 0.165 e. The Morgan fingerprint density at radius 2 is 2.33 bits per heavy atom. The van der Waals surface area contributed by atoms with Crippen molar-refractivity contribution in [2.75, 3.05) is 25.4 Å². The van der Waals surface area contributed by atoms with Gasteiger partial charge < -0.3 is 10.2 Å². The van der Waals surface area contributed by atoms with Gasteiger partial charge in [0, 0.05) is 37.6 Å². The zero-order valence-corrected chi connectivity index (χ0v) is 18.3. The molecule has 1 aliphatic heterocycles. The average molecular weight is 469 g/mol. The highest BCUT2D eigenvalue weighted by Crippen LogP contribution is 2.31. The molecule has 1 atom stereocenters. The Balaban J connectivity index is 1.82. The van der Waals surface area contributed by atoms with E-state index in [-0.39, 0.29) is 48.2 Å². The van der Waals surface area contributed by atoms with Gasteiger partial charge in [-0.1, -0.05) is 36.1 Å². The minimum absolute atomic E-state index is 0.0465. The maximum atomic E-state index is 14.5. The van der Waals surface area contributed by atoms with Gasteiger partial charge in [0.1, 0.15) is 12.1 Å². The van der Waals surface area contributed by atoms with Gasteiger partial charge in [-0.3, -0.25) is 4.79 Å². The summed E-state index contributed by atoms with van der Waals surface area (Å²) in [7, 11) is 0. The van der Waals surface area contributed by atoms with Crippen LogP contribution in [0.3, 0.4) is 0 Å². The first-order valence-electron chi connectivity index (χ1n) is 13.2. The predicted molar refractivity (Wildman–Crippen MR) is 130 cm³/mol. The molecule has 0 aliphatic carbocycles. The number of hydrogen-bond acceptors (Lipinski definition) is 5. The van der Waals surface area contributed by atoms with E-state index in [9.17, 15) is 9.18 Å². The Morgan fingerprint density at radius 1 is 1.45 bits per heavy atom. The number of aromatic nitrogens is 2. The number of nitrogens with zero attached hydrogens (tertiary/aromatic N) is 3. The van der Waals surface area contributed by atoms with Gasteiger partial charge in [-0.05, 0) is 62.7 Å². The van der Waals surface area contributed by atoms with Crippen LogP contribution >= 0.6 is 11.6 Å². The molecule has 5 nitrogen and oxygen atoms in total. The molecule has 0 spiro atoms. The molecule has 0 bridgehead atoms. The molecule has 1 aromatic heterocycles. The molecule has 0 amide bonds. The first kappa shape index (κ1) is 16.4. The molecule has 1 N–H and O–H groups in total. The topological polar surface area (TPSA) is 58.1 Å². The predicted octanol–water partition coefficient (Wildman–Crippen LogP) is 5.16. The van der Waals surface area contributed by atoms with Crippen molar-refractivity contribution in [3.05, 3.63) is 71.3 Å². The Kier molecular flexibility index (Phi) is 4.61. The Labute approximate surface area is 206 Å². The monoisotopic (exact) mass is 468 g/mol. The lowest BCUT2D eigenvalue weighted by molar-refractivity contribution is -0.114. The average Bonchev–Trinajstić information content (AvgIpc) is 3.32. The van der Waals surface area contributed by atoms with Crippen LogP contribution in [0.15, 0.2) is 49.3 Å². The highest BCUT2D eigenvalue weighted by Gasteiger charge is 2.30. The molecule has 2 heterocycles. The number of fused-ring (bicyclic) bond motifs is 1. The zero-order chi connectivity index (χ0) is 28.6. The van der Waals surface area contributed by atoms with E-state index in [1.54, 1.807) is 18.2 Å². The number of likely N-dealkylation sites (tertiary alicyclic amines) is 1. The van der Waals surface area contributed by atoms with Gasteiger partial charge in [0.2, 0.25) is 0 Å². The smallest absolute Gasteiger partial charge is 0.165 e. The summed E-state index contributed by atoms with van der Waals surface area (Å²) in [5, 5.41) is 3.30. The highest BCUT2D eigenvalue weighted by molar-refractivity contribution is 6.31. The molecular formula is C26H24ClFN4O. The lowest BCUT2D eigenvalue weighted by Crippen LogP contribution is -2.20. The van der Waals surface area contributed by atoms with E-state index in [0.29, 0.717) is 22.0 Å². The second kappa shape index (κ2) is 9.30. The van der Waals surface area contributed by atoms with Gasteiger partial charge in [-0.15, -0.1) is 0 Å². The number of allylic oxidation sites excluding steroid dienone is 1. The van der Waals surface area contributed by atoms with Crippen molar-refractivity contribution in [1.29, 1.82) is 0 Å². The third-order valence-corrected chi connectivity index (χ3v) is 5.65. The van der Waals surface area contributed by atoms with Crippen LogP contribution in [0, 0.1) is 23.1 Å². The van der Waals surface area contributed by atoms with Crippen LogP contribution in [-0.2, 0) is 11.2 Å². The molecule has 7 heteroatoms. The summed E-state index contributed by atoms with van der Waals surface area (Å²) in [6.45, 7) is -1.66. The molecule has 1 saturated heterocycles. The van der Waals surface area contributed by atoms with Crippen LogP contribution < -0.4 is 5.32 Å². The SMILES string of the molecule is [2H]C([2H])([2H])N1CCC(C#Cc2cc3ncnc(Nc4cccc(Cl)c4F)c3cc2CC(=O)C=C)(C([2H])([2H])[2H])C1. The number of carbonyl (C=O) groups is 1. The number of halogens is 2. The van der Waals surface area contributed by atoms with E-state index in [0.717, 1.165) is 4.90 Å². The number of rotatable bonds is 5. The zero-order valence-electron chi connectivity index (χ0n) is 23.6. The molecule has 1 fully saturated rings. The Morgan fingerprint density at radius 3 is 3.09 bits per heavy atom. The molecule has 0 saturated carbocycles. The third kappa shape index (κ3) is 5.05. The summed E-state index contributed by atoms with van der Waals surface area (Å²) >= 11 is 5.90. The summed E-state index contributed by atoms with van der Waals surface area (Å²) in [5.41, 5.74) is -0.261. The summed E-state index contributed by atoms with van der Waals surface area (Å²) in [5.74, 6) is 5.07. The summed E-state index contributed by atoms with van der Waals surface area (Å²) < 4.78 is 61.9. The number of hydrogen-bond donors (Lipinski definition) is 1. The van der Waals surface area contributed by atoms with E-state index in [4.69, 9.17) is 19.8 Å². The van der Waals surface area contributed by atoms with Crippen molar-refractivity contribution in [3.63, 3.8) is 0 Å². The van der Waals surface area contributed by atoms with Crippen molar-refractivity contribution in [2.45, 2.75) is 19.7 Å². The Bertz CT molecular complexity index is 1510. The van der Waals surface area contributed by atoms with Crippen LogP contribution in [0.2, 0.25) is 5.02 Å². The van der Waals surface area contributed by atoms with E-state index in [1.165, 1.54) is 24.5 Å². The van der Waals surface area contributed by atoms with E-state index in [1.807, 2.05) is 0 Å². The lowest BCUT2D eigenvalue weighted by Gasteiger charge is -2.16. The highest BCUT2D eigenvalue weighted by atomic mass is 35.5. The first-order chi connectivity index (χ1) is 18.2. The summed E-state index contributed by atoms with van der Waals surface area (Å²) in [6, 6.07) is 7.72. The second-order valence-corrected chi connectivity index (χ2v) is 8.23. The van der Waals surface area contributed by atoms with Gasteiger partial charge in [-0.2, -0.15) is 0 Å². The molecule has 2 aromatic carbocycles. The molecule has 3 aromatic rings. The maximum absolute atomic E-state index is 14.5. The molecule has 1 aliphatic rings. The van der Waals surface area contributed by atoms with E-state index >= 15 is 0 Å². The molecule has 4 rings (SSSR count). The molecular weight excluding hydrogens is 439 g/mol. The van der Waals surface area contributed by atoms with Crippen LogP contribution in [-0.4, -0.2) is 40.7 Å². The number of ketones is 1. The number of benzene rings is 2. The minimum atomic E-state index is -2.55. The van der Waals surface area contributed by atoms with E-state index < -0.39 is 25.1 Å². The van der Waals surface area contributed by atoms with Crippen molar-refractivity contribution in [3.8, 4) is 11.8 Å². The van der Waals surface area contributed by atoms with Gasteiger partial charge in [0.25, 0.3) is 0 Å². The Hall–Kier alpha value is -3.27. The van der Waals surface area contributed by atoms with Crippen LogP contribution in [0.1, 0.15) is 32.6 Å². The molecule has 33 heavy (non-hydrogen) atoms. The van der Waals surface area contributed by atoms with Gasteiger partial charge in [0.15, 0.2) is 11.6 Å². The van der Waals surface area contributed by atoms with Gasteiger partial charge >= 0.3 is 0 Å². The number of anilines is 2. The number of carbonyl (C=O) groups excluding carboxylic acids is 1. The van der Waals surface area contributed by atoms with Gasteiger partial charge in [0.05, 0.1) is 16.2 Å². The normalized spacial score (nSPS) is 21.5. The van der Waals surface area contributed by atoms with Crippen LogP contribution in [0.25, 0.3) is 10.9 Å². The standard InChI is InChI=1S/C26H24ClFN4O/c1-4-19(33)12-18-13-20-23(14-17(18)8-9-26(2)10-11-32(3)15-26)29-16-30-25(20)31-22-7-5-6-21(27)24(22)28/h4-7,13-14,16H,1,10-12,15H2,2-3H3,(H,29,30,31)/i2D3,3D3. The van der Waals surface area contributed by atoms with E-state index in [2.05, 4.69) is 33.7 Å². The third-order valence-electron chi connectivity index (χ3n) is 5.36. The van der Waals surface area contributed by atoms with Crippen molar-refractivity contribution >= 4 is 39.8 Å². The molecule has 168 valence electrons. The largest absolute Gasteiger partial charge is 0.337 e. The van der Waals surface area contributed by atoms with Crippen LogP contribution in [0.4, 0.5) is 15.9 Å². The minimum Gasteiger partial charge on any atom is -0.337 e. The second-order valence-electron chi connectivity index (χ2n) is 7.83. The molecule has 0 radical (unpaired) electrons. The van der Waals surface area contributed by atoms with Crippen molar-refractivity contribution < 1.29 is 17.4 Å². The fourth-order valence-electron chi connectivity index (χ4n) is 3.60. The fraction of sp³-hybridized carbons (Fsp3) is 0.269. The molecule has 1 unspecified atom stereocenters. The van der Waals surface area contributed by atoms with Crippen molar-refractivity contribution in [1.82, 2.24) is 14.9 Å². The quantitative estimate of drug-likeness (QED) is 0.414. The fourth-order valence-corrected chi connectivity index (χ4v) is 3.77. The van der Waals surface area contributed by atoms with Crippen molar-refractivity contribution in [2.24, 2.45) is 5.41 Å². The lowest BCUT2D eigenvalue weighted by atomic mass is 9.89.